The van der Waals surface area contributed by atoms with Crippen LogP contribution in [-0.4, -0.2) is 38.8 Å². The number of carbonyl (C=O) groups is 1. The highest BCUT2D eigenvalue weighted by Gasteiger charge is 2.58. The molecule has 3 rings (SSSR count). The molecule has 1 fully saturated rings. The van der Waals surface area contributed by atoms with Crippen LogP contribution < -0.4 is 5.32 Å². The van der Waals surface area contributed by atoms with Crippen molar-refractivity contribution in [1.29, 1.82) is 0 Å². The molecule has 0 spiro atoms. The number of fused-ring (bicyclic) bond motifs is 1. The molecule has 22 heavy (non-hydrogen) atoms. The van der Waals surface area contributed by atoms with Crippen LogP contribution in [0.2, 0.25) is 0 Å². The fourth-order valence-corrected chi connectivity index (χ4v) is 3.48. The summed E-state index contributed by atoms with van der Waals surface area (Å²) in [5.74, 6) is -5.10. The zero-order valence-electron chi connectivity index (χ0n) is 12.4. The van der Waals surface area contributed by atoms with Gasteiger partial charge in [0.25, 0.3) is 5.91 Å². The smallest absolute Gasteiger partial charge is 0.352 e. The van der Waals surface area contributed by atoms with Crippen LogP contribution in [0.4, 0.5) is 8.78 Å². The lowest BCUT2D eigenvalue weighted by Gasteiger charge is -2.38. The number of aryl methyl sites for hydroxylation is 1. The molecule has 0 unspecified atom stereocenters. The average molecular weight is 313 g/mol. The Kier molecular flexibility index (Phi) is 3.92. The predicted octanol–water partition coefficient (Wildman–Crippen LogP) is 1.71. The third kappa shape index (κ3) is 2.62. The van der Waals surface area contributed by atoms with Gasteiger partial charge in [-0.2, -0.15) is 13.9 Å². The molecule has 2 aliphatic rings. The molecule has 0 saturated heterocycles. The molecule has 2 aliphatic carbocycles. The SMILES string of the molecule is O=C(N[C@H]1CCc2[nH]ncc2C1)C(F)(F)C1(O)CCCCC1. The van der Waals surface area contributed by atoms with E-state index in [0.717, 1.165) is 17.7 Å². The van der Waals surface area contributed by atoms with Gasteiger partial charge in [-0.3, -0.25) is 9.89 Å². The van der Waals surface area contributed by atoms with E-state index in [9.17, 15) is 18.7 Å². The highest BCUT2D eigenvalue weighted by Crippen LogP contribution is 2.40. The highest BCUT2D eigenvalue weighted by atomic mass is 19.3. The van der Waals surface area contributed by atoms with Crippen molar-refractivity contribution in [2.45, 2.75) is 68.9 Å². The highest BCUT2D eigenvalue weighted by molar-refractivity contribution is 5.85. The topological polar surface area (TPSA) is 78.0 Å². The number of halogens is 2. The molecule has 7 heteroatoms. The first-order valence-corrected chi connectivity index (χ1v) is 7.85. The first kappa shape index (κ1) is 15.4. The van der Waals surface area contributed by atoms with Crippen LogP contribution in [0.5, 0.6) is 0 Å². The van der Waals surface area contributed by atoms with Crippen LogP contribution in [0.1, 0.15) is 49.8 Å². The normalized spacial score (nSPS) is 24.6. The second-order valence-corrected chi connectivity index (χ2v) is 6.45. The molecule has 1 aromatic heterocycles. The van der Waals surface area contributed by atoms with Crippen molar-refractivity contribution in [1.82, 2.24) is 15.5 Å². The van der Waals surface area contributed by atoms with Crippen molar-refractivity contribution < 1.29 is 18.7 Å². The molecule has 0 aromatic carbocycles. The number of rotatable bonds is 3. The summed E-state index contributed by atoms with van der Waals surface area (Å²) in [4.78, 5) is 12.0. The number of nitrogens with one attached hydrogen (secondary N) is 2. The van der Waals surface area contributed by atoms with Crippen LogP contribution in [0.15, 0.2) is 6.20 Å². The van der Waals surface area contributed by atoms with Crippen LogP contribution in [0.25, 0.3) is 0 Å². The zero-order valence-corrected chi connectivity index (χ0v) is 12.4. The maximum absolute atomic E-state index is 14.4. The summed E-state index contributed by atoms with van der Waals surface area (Å²) in [6, 6.07) is -0.337. The number of aromatic amines is 1. The quantitative estimate of drug-likeness (QED) is 0.795. The molecule has 0 bridgehead atoms. The van der Waals surface area contributed by atoms with E-state index in [0.29, 0.717) is 32.1 Å². The van der Waals surface area contributed by atoms with Crippen molar-refractivity contribution in [3.8, 4) is 0 Å². The lowest BCUT2D eigenvalue weighted by Crippen LogP contribution is -2.59. The maximum Gasteiger partial charge on any atom is 0.352 e. The molecule has 122 valence electrons. The van der Waals surface area contributed by atoms with Crippen LogP contribution in [0, 0.1) is 0 Å². The molecular weight excluding hydrogens is 292 g/mol. The summed E-state index contributed by atoms with van der Waals surface area (Å²) in [6.07, 6.45) is 5.26. The predicted molar refractivity (Wildman–Crippen MR) is 75.5 cm³/mol. The number of carbonyl (C=O) groups excluding carboxylic acids is 1. The lowest BCUT2D eigenvalue weighted by molar-refractivity contribution is -0.201. The van der Waals surface area contributed by atoms with Gasteiger partial charge in [-0.25, -0.2) is 0 Å². The van der Waals surface area contributed by atoms with E-state index < -0.39 is 17.4 Å². The van der Waals surface area contributed by atoms with Crippen molar-refractivity contribution in [2.75, 3.05) is 0 Å². The van der Waals surface area contributed by atoms with Gasteiger partial charge in [0.05, 0.1) is 6.20 Å². The van der Waals surface area contributed by atoms with Crippen molar-refractivity contribution in [3.63, 3.8) is 0 Å². The molecular formula is C15H21F2N3O2. The minimum atomic E-state index is -3.75. The summed E-state index contributed by atoms with van der Waals surface area (Å²) < 4.78 is 28.8. The van der Waals surface area contributed by atoms with E-state index in [2.05, 4.69) is 15.5 Å². The average Bonchev–Trinajstić information content (AvgIpc) is 2.95. The van der Waals surface area contributed by atoms with Gasteiger partial charge in [-0.15, -0.1) is 0 Å². The van der Waals surface area contributed by atoms with Crippen LogP contribution >= 0.6 is 0 Å². The van der Waals surface area contributed by atoms with Gasteiger partial charge in [-0.05, 0) is 37.7 Å². The number of nitrogens with zero attached hydrogens (tertiary/aromatic N) is 1. The van der Waals surface area contributed by atoms with E-state index in [-0.39, 0.29) is 18.9 Å². The third-order valence-electron chi connectivity index (χ3n) is 4.90. The molecule has 1 saturated carbocycles. The number of hydrogen-bond donors (Lipinski definition) is 3. The van der Waals surface area contributed by atoms with E-state index >= 15 is 0 Å². The van der Waals surface area contributed by atoms with Gasteiger partial charge in [0.15, 0.2) is 0 Å². The Balaban J connectivity index is 1.66. The largest absolute Gasteiger partial charge is 0.383 e. The van der Waals surface area contributed by atoms with E-state index in [4.69, 9.17) is 0 Å². The van der Waals surface area contributed by atoms with Crippen molar-refractivity contribution in [2.24, 2.45) is 0 Å². The number of alkyl halides is 2. The summed E-state index contributed by atoms with van der Waals surface area (Å²) in [7, 11) is 0. The Hall–Kier alpha value is -1.50. The molecule has 5 nitrogen and oxygen atoms in total. The fourth-order valence-electron chi connectivity index (χ4n) is 3.48. The number of aromatic nitrogens is 2. The first-order chi connectivity index (χ1) is 10.4. The third-order valence-corrected chi connectivity index (χ3v) is 4.90. The molecule has 0 aliphatic heterocycles. The van der Waals surface area contributed by atoms with Crippen molar-refractivity contribution >= 4 is 5.91 Å². The monoisotopic (exact) mass is 313 g/mol. The van der Waals surface area contributed by atoms with Crippen molar-refractivity contribution in [3.05, 3.63) is 17.5 Å². The molecule has 1 aromatic rings. The summed E-state index contributed by atoms with van der Waals surface area (Å²) in [5.41, 5.74) is -0.246. The van der Waals surface area contributed by atoms with E-state index in [1.807, 2.05) is 0 Å². The number of hydrogen-bond acceptors (Lipinski definition) is 3. The lowest BCUT2D eigenvalue weighted by atomic mass is 9.79. The molecule has 0 radical (unpaired) electrons. The second-order valence-electron chi connectivity index (χ2n) is 6.45. The zero-order chi connectivity index (χ0) is 15.8. The standard InChI is InChI=1S/C15H21F2N3O2/c16-15(17,14(22)6-2-1-3-7-14)13(21)19-11-4-5-12-10(8-11)9-18-20-12/h9,11,22H,1-8H2,(H,18,20)(H,19,21)/t11-/m0/s1. The minimum Gasteiger partial charge on any atom is -0.383 e. The van der Waals surface area contributed by atoms with E-state index in [1.165, 1.54) is 0 Å². The Bertz CT molecular complexity index is 553. The number of aliphatic hydroxyl groups is 1. The first-order valence-electron chi connectivity index (χ1n) is 7.85. The Morgan fingerprint density at radius 2 is 2.14 bits per heavy atom. The minimum absolute atomic E-state index is 0.0238. The second kappa shape index (κ2) is 5.61. The molecule has 1 amide bonds. The van der Waals surface area contributed by atoms with Gasteiger partial charge >= 0.3 is 5.92 Å². The van der Waals surface area contributed by atoms with Crippen LogP contribution in [-0.2, 0) is 17.6 Å². The Morgan fingerprint density at radius 1 is 1.41 bits per heavy atom. The summed E-state index contributed by atoms with van der Waals surface area (Å²) in [6.45, 7) is 0. The molecule has 1 heterocycles. The molecule has 3 N–H and O–H groups in total. The number of amides is 1. The van der Waals surface area contributed by atoms with Gasteiger partial charge in [-0.1, -0.05) is 19.3 Å². The van der Waals surface area contributed by atoms with Crippen LogP contribution in [0.3, 0.4) is 0 Å². The van der Waals surface area contributed by atoms with Gasteiger partial charge in [0.2, 0.25) is 0 Å². The molecule has 1 atom stereocenters. The fraction of sp³-hybridized carbons (Fsp3) is 0.733. The van der Waals surface area contributed by atoms with E-state index in [1.54, 1.807) is 6.20 Å². The van der Waals surface area contributed by atoms with Gasteiger partial charge < -0.3 is 10.4 Å². The maximum atomic E-state index is 14.4. The Labute approximate surface area is 127 Å². The van der Waals surface area contributed by atoms with Gasteiger partial charge in [0.1, 0.15) is 5.60 Å². The summed E-state index contributed by atoms with van der Waals surface area (Å²) in [5, 5.41) is 19.4. The number of H-pyrrole nitrogens is 1. The summed E-state index contributed by atoms with van der Waals surface area (Å²) >= 11 is 0. The Morgan fingerprint density at radius 3 is 2.86 bits per heavy atom. The van der Waals surface area contributed by atoms with Gasteiger partial charge in [0, 0.05) is 11.7 Å².